The normalized spacial score (nSPS) is 16.0. The van der Waals surface area contributed by atoms with Gasteiger partial charge < -0.3 is 25.6 Å². The number of amides is 2. The summed E-state index contributed by atoms with van der Waals surface area (Å²) in [4.78, 5) is 39.2. The fourth-order valence-electron chi connectivity index (χ4n) is 4.65. The molecule has 11 nitrogen and oxygen atoms in total. The Bertz CT molecular complexity index is 1350. The average molecular weight is 509 g/mol. The van der Waals surface area contributed by atoms with Crippen molar-refractivity contribution < 1.29 is 14.7 Å². The molecule has 1 aromatic carbocycles. The van der Waals surface area contributed by atoms with E-state index in [-0.39, 0.29) is 18.7 Å². The van der Waals surface area contributed by atoms with Gasteiger partial charge in [-0.2, -0.15) is 5.10 Å². The molecule has 1 fully saturated rings. The Hall–Kier alpha value is -4.12. The average Bonchev–Trinajstić information content (AvgIpc) is 3.56. The molecule has 36 heavy (non-hydrogen) atoms. The zero-order valence-electron chi connectivity index (χ0n) is 19.3. The molecule has 2 amide bonds. The molecule has 12 heteroatoms. The Morgan fingerprint density at radius 1 is 1.17 bits per heavy atom. The van der Waals surface area contributed by atoms with E-state index >= 15 is 0 Å². The summed E-state index contributed by atoms with van der Waals surface area (Å²) in [5.74, 6) is 0.370. The molecule has 0 radical (unpaired) electrons. The van der Waals surface area contributed by atoms with Crippen molar-refractivity contribution in [1.82, 2.24) is 35.4 Å². The quantitative estimate of drug-likeness (QED) is 0.300. The van der Waals surface area contributed by atoms with Crippen molar-refractivity contribution in [3.8, 4) is 0 Å². The molecular formula is C24H25ClN8O3. The summed E-state index contributed by atoms with van der Waals surface area (Å²) < 4.78 is 1.72. The van der Waals surface area contributed by atoms with Crippen LogP contribution in [0.3, 0.4) is 0 Å². The van der Waals surface area contributed by atoms with Gasteiger partial charge >= 0.3 is 6.09 Å². The number of nitrogens with zero attached hydrogens (tertiary/aromatic N) is 5. The van der Waals surface area contributed by atoms with Crippen LogP contribution in [0.5, 0.6) is 0 Å². The predicted molar refractivity (Wildman–Crippen MR) is 134 cm³/mol. The van der Waals surface area contributed by atoms with E-state index in [9.17, 15) is 14.7 Å². The smallest absolute Gasteiger partial charge is 0.405 e. The van der Waals surface area contributed by atoms with Crippen LogP contribution in [-0.2, 0) is 11.3 Å². The zero-order valence-corrected chi connectivity index (χ0v) is 20.0. The van der Waals surface area contributed by atoms with Crippen LogP contribution in [-0.4, -0.2) is 60.5 Å². The second-order valence-electron chi connectivity index (χ2n) is 8.74. The number of carbonyl (C=O) groups excluding carboxylic acids is 1. The van der Waals surface area contributed by atoms with Gasteiger partial charge in [-0.05, 0) is 42.7 Å². The lowest BCUT2D eigenvalue weighted by Gasteiger charge is -2.41. The highest BCUT2D eigenvalue weighted by Gasteiger charge is 2.44. The number of aromatic amines is 1. The van der Waals surface area contributed by atoms with Gasteiger partial charge in [0.05, 0.1) is 18.0 Å². The number of nitrogens with one attached hydrogen (secondary N) is 3. The van der Waals surface area contributed by atoms with Crippen molar-refractivity contribution in [2.75, 3.05) is 18.0 Å². The molecule has 0 aliphatic carbocycles. The van der Waals surface area contributed by atoms with Crippen LogP contribution in [0, 0.1) is 0 Å². The molecule has 4 aromatic rings. The summed E-state index contributed by atoms with van der Waals surface area (Å²) >= 11 is 6.06. The van der Waals surface area contributed by atoms with Crippen molar-refractivity contribution in [2.24, 2.45) is 0 Å². The lowest BCUT2D eigenvalue weighted by molar-refractivity contribution is -0.129. The molecule has 1 saturated heterocycles. The van der Waals surface area contributed by atoms with E-state index in [1.54, 1.807) is 35.3 Å². The third-order valence-electron chi connectivity index (χ3n) is 6.54. The summed E-state index contributed by atoms with van der Waals surface area (Å²) in [7, 11) is 0. The Balaban J connectivity index is 1.37. The third kappa shape index (κ3) is 4.82. The van der Waals surface area contributed by atoms with Gasteiger partial charge in [0.2, 0.25) is 5.91 Å². The Kier molecular flexibility index (Phi) is 6.47. The van der Waals surface area contributed by atoms with Gasteiger partial charge in [-0.3, -0.25) is 9.48 Å². The molecule has 0 spiro atoms. The van der Waals surface area contributed by atoms with E-state index in [0.717, 1.165) is 22.4 Å². The Labute approximate surface area is 211 Å². The van der Waals surface area contributed by atoms with Crippen LogP contribution in [0.1, 0.15) is 24.4 Å². The summed E-state index contributed by atoms with van der Waals surface area (Å²) in [6.07, 6.45) is 6.06. The second-order valence-corrected chi connectivity index (χ2v) is 9.18. The predicted octanol–water partition coefficient (Wildman–Crippen LogP) is 2.97. The number of carbonyl (C=O) groups is 2. The largest absolute Gasteiger partial charge is 0.465 e. The summed E-state index contributed by atoms with van der Waals surface area (Å²) in [5.41, 5.74) is 0.270. The molecule has 4 N–H and O–H groups in total. The summed E-state index contributed by atoms with van der Waals surface area (Å²) in [5, 5.41) is 20.9. The van der Waals surface area contributed by atoms with Crippen molar-refractivity contribution >= 4 is 40.5 Å². The molecule has 1 unspecified atom stereocenters. The van der Waals surface area contributed by atoms with Crippen molar-refractivity contribution in [3.63, 3.8) is 0 Å². The number of anilines is 1. The second kappa shape index (κ2) is 9.86. The number of carboxylic acid groups (broad SMARTS) is 1. The molecule has 1 aliphatic rings. The van der Waals surface area contributed by atoms with E-state index in [1.165, 1.54) is 6.33 Å². The summed E-state index contributed by atoms with van der Waals surface area (Å²) in [6, 6.07) is 10.5. The zero-order chi connectivity index (χ0) is 25.1. The van der Waals surface area contributed by atoms with E-state index in [1.807, 2.05) is 29.3 Å². The minimum absolute atomic E-state index is 0.274. The standard InChI is InChI=1S/C24H25ClN8O3/c25-17-4-2-16(3-5-17)19(14-33-11-1-9-29-33)30-22(34)24(31-23(35)36)7-12-32(13-8-24)21-18-6-10-26-20(18)27-15-28-21/h1-6,9-11,15,19,31H,7-8,12-14H2,(H,30,34)(H,35,36)(H,26,27,28). The first-order valence-electron chi connectivity index (χ1n) is 11.5. The first kappa shape index (κ1) is 23.6. The number of aromatic nitrogens is 5. The first-order valence-corrected chi connectivity index (χ1v) is 11.9. The molecule has 1 atom stereocenters. The maximum absolute atomic E-state index is 13.7. The topological polar surface area (TPSA) is 141 Å². The van der Waals surface area contributed by atoms with Gasteiger partial charge in [-0.1, -0.05) is 23.7 Å². The SMILES string of the molecule is O=C(O)NC1(C(=O)NC(Cn2cccn2)c2ccc(Cl)cc2)CCN(c2ncnc3[nH]ccc23)CC1. The number of H-pyrrole nitrogens is 1. The fourth-order valence-corrected chi connectivity index (χ4v) is 4.77. The van der Waals surface area contributed by atoms with Crippen LogP contribution in [0.2, 0.25) is 5.02 Å². The number of rotatable bonds is 7. The molecule has 0 saturated carbocycles. The van der Waals surface area contributed by atoms with Crippen molar-refractivity contribution in [3.05, 3.63) is 71.9 Å². The van der Waals surface area contributed by atoms with Crippen LogP contribution >= 0.6 is 11.6 Å². The molecule has 0 bridgehead atoms. The number of benzene rings is 1. The van der Waals surface area contributed by atoms with Gasteiger partial charge in [0.1, 0.15) is 23.3 Å². The van der Waals surface area contributed by atoms with Crippen LogP contribution in [0.4, 0.5) is 10.6 Å². The van der Waals surface area contributed by atoms with Crippen LogP contribution in [0.15, 0.2) is 61.3 Å². The maximum atomic E-state index is 13.7. The highest BCUT2D eigenvalue weighted by atomic mass is 35.5. The van der Waals surface area contributed by atoms with Gasteiger partial charge in [0.15, 0.2) is 0 Å². The van der Waals surface area contributed by atoms with Crippen LogP contribution < -0.4 is 15.5 Å². The van der Waals surface area contributed by atoms with Gasteiger partial charge in [-0.15, -0.1) is 0 Å². The third-order valence-corrected chi connectivity index (χ3v) is 6.79. The number of halogens is 1. The number of piperidine rings is 1. The van der Waals surface area contributed by atoms with Crippen molar-refractivity contribution in [1.29, 1.82) is 0 Å². The van der Waals surface area contributed by atoms with Gasteiger partial charge in [0.25, 0.3) is 0 Å². The monoisotopic (exact) mass is 508 g/mol. The molecule has 1 aliphatic heterocycles. The maximum Gasteiger partial charge on any atom is 0.405 e. The number of fused-ring (bicyclic) bond motifs is 1. The molecule has 3 aromatic heterocycles. The van der Waals surface area contributed by atoms with Crippen LogP contribution in [0.25, 0.3) is 11.0 Å². The molecular weight excluding hydrogens is 484 g/mol. The van der Waals surface area contributed by atoms with Crippen molar-refractivity contribution in [2.45, 2.75) is 31.0 Å². The Morgan fingerprint density at radius 3 is 2.64 bits per heavy atom. The van der Waals surface area contributed by atoms with E-state index in [2.05, 4.69) is 30.7 Å². The van der Waals surface area contributed by atoms with E-state index in [4.69, 9.17) is 11.6 Å². The molecule has 5 rings (SSSR count). The highest BCUT2D eigenvalue weighted by molar-refractivity contribution is 6.30. The number of hydrogen-bond acceptors (Lipinski definition) is 6. The minimum Gasteiger partial charge on any atom is -0.465 e. The lowest BCUT2D eigenvalue weighted by atomic mass is 9.85. The minimum atomic E-state index is -1.29. The summed E-state index contributed by atoms with van der Waals surface area (Å²) in [6.45, 7) is 1.26. The van der Waals surface area contributed by atoms with Gasteiger partial charge in [0, 0.05) is 36.7 Å². The Morgan fingerprint density at radius 2 is 1.94 bits per heavy atom. The van der Waals surface area contributed by atoms with Gasteiger partial charge in [-0.25, -0.2) is 14.8 Å². The highest BCUT2D eigenvalue weighted by Crippen LogP contribution is 2.30. The van der Waals surface area contributed by atoms with E-state index < -0.39 is 17.7 Å². The van der Waals surface area contributed by atoms with E-state index in [0.29, 0.717) is 24.7 Å². The molecule has 4 heterocycles. The fraction of sp³-hybridized carbons (Fsp3) is 0.292. The first-order chi connectivity index (χ1) is 17.4. The number of hydrogen-bond donors (Lipinski definition) is 4. The molecule has 186 valence electrons. The lowest BCUT2D eigenvalue weighted by Crippen LogP contribution is -2.63.